The van der Waals surface area contributed by atoms with E-state index in [9.17, 15) is 0 Å². The minimum atomic E-state index is 0.0380. The fraction of sp³-hybridized carbons (Fsp3) is 0.125. The molecular formula is C8H9N5. The fourth-order valence-corrected chi connectivity index (χ4v) is 1.33. The van der Waals surface area contributed by atoms with Crippen LogP contribution in [0, 0.1) is 5.41 Å². The molecule has 0 saturated heterocycles. The van der Waals surface area contributed by atoms with E-state index in [-0.39, 0.29) is 5.84 Å². The number of amidine groups is 1. The lowest BCUT2D eigenvalue weighted by atomic mass is 10.1. The first-order valence-electron chi connectivity index (χ1n) is 3.83. The average molecular weight is 175 g/mol. The largest absolute Gasteiger partial charge is 0.384 e. The zero-order chi connectivity index (χ0) is 9.42. The van der Waals surface area contributed by atoms with Gasteiger partial charge in [-0.1, -0.05) is 11.3 Å². The number of para-hydroxylation sites is 1. The molecule has 2 rings (SSSR count). The molecule has 2 aromatic rings. The second-order valence-electron chi connectivity index (χ2n) is 2.80. The molecule has 5 nitrogen and oxygen atoms in total. The van der Waals surface area contributed by atoms with Crippen LogP contribution in [-0.4, -0.2) is 20.8 Å². The van der Waals surface area contributed by atoms with Gasteiger partial charge in [-0.15, -0.1) is 5.10 Å². The summed E-state index contributed by atoms with van der Waals surface area (Å²) in [5.41, 5.74) is 7.65. The Morgan fingerprint density at radius 2 is 2.31 bits per heavy atom. The Kier molecular flexibility index (Phi) is 1.51. The molecule has 3 N–H and O–H groups in total. The van der Waals surface area contributed by atoms with Crippen LogP contribution in [0.5, 0.6) is 0 Å². The van der Waals surface area contributed by atoms with Crippen molar-refractivity contribution in [2.75, 3.05) is 0 Å². The summed E-state index contributed by atoms with van der Waals surface area (Å²) in [7, 11) is 1.78. The van der Waals surface area contributed by atoms with E-state index in [4.69, 9.17) is 11.1 Å². The number of nitrogen functional groups attached to an aromatic ring is 1. The number of fused-ring (bicyclic) bond motifs is 1. The zero-order valence-corrected chi connectivity index (χ0v) is 7.15. The zero-order valence-electron chi connectivity index (χ0n) is 7.15. The van der Waals surface area contributed by atoms with Crippen molar-refractivity contribution in [2.24, 2.45) is 12.8 Å². The van der Waals surface area contributed by atoms with Crippen LogP contribution in [0.25, 0.3) is 11.0 Å². The topological polar surface area (TPSA) is 80.6 Å². The lowest BCUT2D eigenvalue weighted by Gasteiger charge is -2.00. The highest BCUT2D eigenvalue weighted by atomic mass is 15.4. The van der Waals surface area contributed by atoms with E-state index in [0.29, 0.717) is 5.56 Å². The smallest absolute Gasteiger partial charge is 0.125 e. The second kappa shape index (κ2) is 2.55. The van der Waals surface area contributed by atoms with E-state index in [2.05, 4.69) is 10.3 Å². The van der Waals surface area contributed by atoms with Gasteiger partial charge in [-0.25, -0.2) is 4.68 Å². The van der Waals surface area contributed by atoms with Crippen LogP contribution in [0.4, 0.5) is 0 Å². The third-order valence-corrected chi connectivity index (χ3v) is 1.92. The highest BCUT2D eigenvalue weighted by molar-refractivity contribution is 6.05. The first kappa shape index (κ1) is 7.72. The van der Waals surface area contributed by atoms with Gasteiger partial charge in [-0.2, -0.15) is 0 Å². The van der Waals surface area contributed by atoms with Gasteiger partial charge < -0.3 is 5.73 Å². The summed E-state index contributed by atoms with van der Waals surface area (Å²) >= 11 is 0. The molecule has 1 aromatic carbocycles. The minimum absolute atomic E-state index is 0.0380. The van der Waals surface area contributed by atoms with Gasteiger partial charge in [0.1, 0.15) is 11.4 Å². The molecule has 0 unspecified atom stereocenters. The molecule has 1 heterocycles. The number of aryl methyl sites for hydroxylation is 1. The average Bonchev–Trinajstić information content (AvgIpc) is 2.48. The number of nitrogens with one attached hydrogen (secondary N) is 1. The van der Waals surface area contributed by atoms with E-state index in [0.717, 1.165) is 11.0 Å². The molecule has 0 radical (unpaired) electrons. The molecule has 0 aliphatic rings. The third-order valence-electron chi connectivity index (χ3n) is 1.92. The van der Waals surface area contributed by atoms with Crippen molar-refractivity contribution in [1.29, 1.82) is 5.41 Å². The number of rotatable bonds is 1. The molecule has 13 heavy (non-hydrogen) atoms. The summed E-state index contributed by atoms with van der Waals surface area (Å²) in [6, 6.07) is 5.44. The highest BCUT2D eigenvalue weighted by Gasteiger charge is 2.08. The van der Waals surface area contributed by atoms with Crippen LogP contribution < -0.4 is 5.73 Å². The number of nitrogens with two attached hydrogens (primary N) is 1. The van der Waals surface area contributed by atoms with E-state index < -0.39 is 0 Å². The molecule has 0 bridgehead atoms. The van der Waals surface area contributed by atoms with Crippen LogP contribution in [0.15, 0.2) is 18.2 Å². The summed E-state index contributed by atoms with van der Waals surface area (Å²) in [6.07, 6.45) is 0. The summed E-state index contributed by atoms with van der Waals surface area (Å²) in [5, 5.41) is 15.1. The first-order valence-corrected chi connectivity index (χ1v) is 3.83. The Morgan fingerprint density at radius 1 is 1.54 bits per heavy atom. The molecule has 0 aliphatic heterocycles. The van der Waals surface area contributed by atoms with Gasteiger partial charge in [0.15, 0.2) is 0 Å². The van der Waals surface area contributed by atoms with Crippen LogP contribution in [0.2, 0.25) is 0 Å². The van der Waals surface area contributed by atoms with Gasteiger partial charge in [0.05, 0.1) is 5.52 Å². The monoisotopic (exact) mass is 175 g/mol. The Balaban J connectivity index is 2.88. The molecule has 0 aliphatic carbocycles. The summed E-state index contributed by atoms with van der Waals surface area (Å²) in [6.45, 7) is 0. The summed E-state index contributed by atoms with van der Waals surface area (Å²) in [5.74, 6) is 0.0380. The number of nitrogens with zero attached hydrogens (tertiary/aromatic N) is 3. The van der Waals surface area contributed by atoms with Crippen LogP contribution in [0.1, 0.15) is 5.56 Å². The van der Waals surface area contributed by atoms with Crippen molar-refractivity contribution in [3.8, 4) is 0 Å². The Bertz CT molecular complexity index is 470. The number of hydrogen-bond acceptors (Lipinski definition) is 3. The maximum absolute atomic E-state index is 7.36. The van der Waals surface area contributed by atoms with Gasteiger partial charge in [0, 0.05) is 12.6 Å². The highest BCUT2D eigenvalue weighted by Crippen LogP contribution is 2.14. The SMILES string of the molecule is Cn1nnc2cccc(C(=N)N)c21. The van der Waals surface area contributed by atoms with Crippen molar-refractivity contribution in [3.05, 3.63) is 23.8 Å². The molecule has 66 valence electrons. The van der Waals surface area contributed by atoms with E-state index in [1.165, 1.54) is 0 Å². The lowest BCUT2D eigenvalue weighted by molar-refractivity contribution is 0.736. The molecule has 0 atom stereocenters. The molecular weight excluding hydrogens is 166 g/mol. The van der Waals surface area contributed by atoms with Crippen molar-refractivity contribution in [2.45, 2.75) is 0 Å². The fourth-order valence-electron chi connectivity index (χ4n) is 1.33. The van der Waals surface area contributed by atoms with Crippen LogP contribution in [0.3, 0.4) is 0 Å². The Labute approximate surface area is 74.7 Å². The van der Waals surface area contributed by atoms with Crippen molar-refractivity contribution in [1.82, 2.24) is 15.0 Å². The van der Waals surface area contributed by atoms with Gasteiger partial charge in [0.2, 0.25) is 0 Å². The minimum Gasteiger partial charge on any atom is -0.384 e. The third kappa shape index (κ3) is 1.05. The van der Waals surface area contributed by atoms with E-state index in [1.54, 1.807) is 17.8 Å². The maximum Gasteiger partial charge on any atom is 0.125 e. The molecule has 1 aromatic heterocycles. The van der Waals surface area contributed by atoms with Crippen molar-refractivity contribution < 1.29 is 0 Å². The second-order valence-corrected chi connectivity index (χ2v) is 2.80. The predicted octanol–water partition coefficient (Wildman–Crippen LogP) is 0.252. The quantitative estimate of drug-likeness (QED) is 0.481. The number of hydrogen-bond donors (Lipinski definition) is 2. The van der Waals surface area contributed by atoms with Gasteiger partial charge in [-0.3, -0.25) is 5.41 Å². The predicted molar refractivity (Wildman–Crippen MR) is 49.5 cm³/mol. The molecule has 0 spiro atoms. The first-order chi connectivity index (χ1) is 6.20. The van der Waals surface area contributed by atoms with Crippen molar-refractivity contribution >= 4 is 16.9 Å². The van der Waals surface area contributed by atoms with Gasteiger partial charge >= 0.3 is 0 Å². The number of benzene rings is 1. The van der Waals surface area contributed by atoms with Crippen molar-refractivity contribution in [3.63, 3.8) is 0 Å². The summed E-state index contributed by atoms with van der Waals surface area (Å²) in [4.78, 5) is 0. The molecule has 0 saturated carbocycles. The summed E-state index contributed by atoms with van der Waals surface area (Å²) < 4.78 is 1.62. The van der Waals surface area contributed by atoms with Crippen LogP contribution in [-0.2, 0) is 7.05 Å². The molecule has 5 heteroatoms. The Morgan fingerprint density at radius 3 is 3.00 bits per heavy atom. The number of aromatic nitrogens is 3. The molecule has 0 fully saturated rings. The van der Waals surface area contributed by atoms with Crippen LogP contribution >= 0.6 is 0 Å². The van der Waals surface area contributed by atoms with E-state index in [1.807, 2.05) is 12.1 Å². The maximum atomic E-state index is 7.36. The van der Waals surface area contributed by atoms with E-state index >= 15 is 0 Å². The standard InChI is InChI=1S/C8H9N5/c1-13-7-5(8(9)10)3-2-4-6(7)11-12-13/h2-4H,1H3,(H3,9,10). The molecule has 0 amide bonds. The normalized spacial score (nSPS) is 10.5. The van der Waals surface area contributed by atoms with Gasteiger partial charge in [-0.05, 0) is 12.1 Å². The lowest BCUT2D eigenvalue weighted by Crippen LogP contribution is -2.12. The Hall–Kier alpha value is -1.91. The van der Waals surface area contributed by atoms with Gasteiger partial charge in [0.25, 0.3) is 0 Å².